The summed E-state index contributed by atoms with van der Waals surface area (Å²) in [4.78, 5) is 24.5. The van der Waals surface area contributed by atoms with Gasteiger partial charge in [0.25, 0.3) is 0 Å². The Bertz CT molecular complexity index is 561. The van der Waals surface area contributed by atoms with Crippen molar-refractivity contribution >= 4 is 11.9 Å². The van der Waals surface area contributed by atoms with E-state index in [1.165, 1.54) is 122 Å². The van der Waals surface area contributed by atoms with Gasteiger partial charge in [-0.15, -0.1) is 0 Å². The van der Waals surface area contributed by atoms with Gasteiger partial charge in [-0.05, 0) is 43.9 Å². The number of carbonyl (C=O) groups is 2. The average Bonchev–Trinajstić information content (AvgIpc) is 2.98. The van der Waals surface area contributed by atoms with Gasteiger partial charge in [-0.25, -0.2) is 0 Å². The fourth-order valence-corrected chi connectivity index (χ4v) is 5.62. The molecule has 0 aliphatic carbocycles. The lowest BCUT2D eigenvalue weighted by Crippen LogP contribution is -2.14. The summed E-state index contributed by atoms with van der Waals surface area (Å²) in [6.45, 7) is 10.1. The Balaban J connectivity index is 4.13. The summed E-state index contributed by atoms with van der Waals surface area (Å²) in [6, 6.07) is 0. The maximum absolute atomic E-state index is 12.3. The molecular weight excluding hydrogens is 508 g/mol. The van der Waals surface area contributed by atoms with Crippen molar-refractivity contribution in [2.45, 2.75) is 201 Å². The standard InChI is InChI=1S/C37H72O4/c1-5-9-12-14-16-19-23-28-35(33-41-37(39)31-25-21-17-15-13-10-6-2)29-24-20-18-22-26-30-36(38)40-32-34(8-4)27-11-7-3/h34-35H,5-33H2,1-4H3. The zero-order valence-corrected chi connectivity index (χ0v) is 28.3. The number of rotatable bonds is 32. The first kappa shape index (κ1) is 39.9. The maximum Gasteiger partial charge on any atom is 0.305 e. The van der Waals surface area contributed by atoms with Crippen molar-refractivity contribution in [2.24, 2.45) is 11.8 Å². The molecule has 0 rings (SSSR count). The molecule has 0 aromatic heterocycles. The molecule has 0 amide bonds. The van der Waals surface area contributed by atoms with Crippen LogP contribution in [0.4, 0.5) is 0 Å². The van der Waals surface area contributed by atoms with Gasteiger partial charge >= 0.3 is 11.9 Å². The van der Waals surface area contributed by atoms with Crippen LogP contribution in [0.5, 0.6) is 0 Å². The molecular formula is C37H72O4. The quantitative estimate of drug-likeness (QED) is 0.0586. The van der Waals surface area contributed by atoms with E-state index >= 15 is 0 Å². The number of ether oxygens (including phenoxy) is 2. The summed E-state index contributed by atoms with van der Waals surface area (Å²) >= 11 is 0. The molecule has 0 fully saturated rings. The van der Waals surface area contributed by atoms with Gasteiger partial charge in [0.05, 0.1) is 13.2 Å². The Morgan fingerprint density at radius 1 is 0.415 bits per heavy atom. The van der Waals surface area contributed by atoms with Crippen molar-refractivity contribution in [3.05, 3.63) is 0 Å². The molecule has 4 heteroatoms. The lowest BCUT2D eigenvalue weighted by molar-refractivity contribution is -0.146. The van der Waals surface area contributed by atoms with Crippen LogP contribution in [0.25, 0.3) is 0 Å². The first-order valence-corrected chi connectivity index (χ1v) is 18.4. The van der Waals surface area contributed by atoms with Gasteiger partial charge in [0.15, 0.2) is 0 Å². The van der Waals surface area contributed by atoms with Crippen molar-refractivity contribution in [3.8, 4) is 0 Å². The molecule has 0 saturated heterocycles. The Labute approximate surface area is 256 Å². The largest absolute Gasteiger partial charge is 0.465 e. The fraction of sp³-hybridized carbons (Fsp3) is 0.946. The van der Waals surface area contributed by atoms with E-state index in [4.69, 9.17) is 9.47 Å². The molecule has 4 nitrogen and oxygen atoms in total. The van der Waals surface area contributed by atoms with E-state index in [0.717, 1.165) is 38.5 Å². The molecule has 244 valence electrons. The second-order valence-electron chi connectivity index (χ2n) is 12.7. The number of unbranched alkanes of at least 4 members (excludes halogenated alkanes) is 17. The highest BCUT2D eigenvalue weighted by Crippen LogP contribution is 2.21. The molecule has 41 heavy (non-hydrogen) atoms. The van der Waals surface area contributed by atoms with E-state index in [1.54, 1.807) is 0 Å². The van der Waals surface area contributed by atoms with Gasteiger partial charge in [-0.2, -0.15) is 0 Å². The highest BCUT2D eigenvalue weighted by molar-refractivity contribution is 5.69. The molecule has 2 atom stereocenters. The highest BCUT2D eigenvalue weighted by Gasteiger charge is 2.13. The van der Waals surface area contributed by atoms with Gasteiger partial charge in [0.2, 0.25) is 0 Å². The van der Waals surface area contributed by atoms with Crippen molar-refractivity contribution < 1.29 is 19.1 Å². The number of esters is 2. The minimum absolute atomic E-state index is 0.00521. The summed E-state index contributed by atoms with van der Waals surface area (Å²) in [5.41, 5.74) is 0. The third-order valence-electron chi connectivity index (χ3n) is 8.70. The van der Waals surface area contributed by atoms with Crippen molar-refractivity contribution in [1.29, 1.82) is 0 Å². The van der Waals surface area contributed by atoms with Gasteiger partial charge in [-0.3, -0.25) is 9.59 Å². The Morgan fingerprint density at radius 2 is 0.756 bits per heavy atom. The Morgan fingerprint density at radius 3 is 1.17 bits per heavy atom. The van der Waals surface area contributed by atoms with Crippen LogP contribution >= 0.6 is 0 Å². The monoisotopic (exact) mass is 581 g/mol. The summed E-state index contributed by atoms with van der Waals surface area (Å²) < 4.78 is 11.3. The van der Waals surface area contributed by atoms with Crippen LogP contribution in [0.1, 0.15) is 201 Å². The summed E-state index contributed by atoms with van der Waals surface area (Å²) in [7, 11) is 0. The average molecular weight is 581 g/mol. The Kier molecular flexibility index (Phi) is 31.0. The van der Waals surface area contributed by atoms with Crippen molar-refractivity contribution in [1.82, 2.24) is 0 Å². The molecule has 0 aliphatic rings. The molecule has 0 saturated carbocycles. The maximum atomic E-state index is 12.3. The lowest BCUT2D eigenvalue weighted by Gasteiger charge is -2.17. The first-order valence-electron chi connectivity index (χ1n) is 18.4. The van der Waals surface area contributed by atoms with E-state index in [0.29, 0.717) is 37.9 Å². The van der Waals surface area contributed by atoms with Crippen LogP contribution in [0.15, 0.2) is 0 Å². The molecule has 0 bridgehead atoms. The first-order chi connectivity index (χ1) is 20.1. The van der Waals surface area contributed by atoms with Crippen molar-refractivity contribution in [3.63, 3.8) is 0 Å². The predicted octanol–water partition coefficient (Wildman–Crippen LogP) is 11.9. The van der Waals surface area contributed by atoms with E-state index in [-0.39, 0.29) is 11.9 Å². The normalized spacial score (nSPS) is 12.8. The Hall–Kier alpha value is -1.06. The second kappa shape index (κ2) is 31.9. The fourth-order valence-electron chi connectivity index (χ4n) is 5.62. The molecule has 2 unspecified atom stereocenters. The van der Waals surface area contributed by atoms with Crippen LogP contribution in [-0.2, 0) is 19.1 Å². The van der Waals surface area contributed by atoms with Crippen LogP contribution in [0.3, 0.4) is 0 Å². The SMILES string of the molecule is CCCCCCCCCC(=O)OCC(CCCCCCCCC)CCCCCCCC(=O)OCC(CC)CCCC. The third kappa shape index (κ3) is 28.8. The van der Waals surface area contributed by atoms with E-state index in [2.05, 4.69) is 27.7 Å². The number of carbonyl (C=O) groups excluding carboxylic acids is 2. The van der Waals surface area contributed by atoms with Gasteiger partial charge in [-0.1, -0.05) is 156 Å². The zero-order chi connectivity index (χ0) is 30.2. The molecule has 0 aliphatic heterocycles. The summed E-state index contributed by atoms with van der Waals surface area (Å²) in [5, 5.41) is 0. The molecule has 0 heterocycles. The van der Waals surface area contributed by atoms with Crippen molar-refractivity contribution in [2.75, 3.05) is 13.2 Å². The molecule has 0 radical (unpaired) electrons. The highest BCUT2D eigenvalue weighted by atomic mass is 16.5. The molecule has 0 aromatic rings. The molecule has 0 N–H and O–H groups in total. The third-order valence-corrected chi connectivity index (χ3v) is 8.70. The van der Waals surface area contributed by atoms with E-state index in [9.17, 15) is 9.59 Å². The minimum atomic E-state index is -0.0204. The smallest absolute Gasteiger partial charge is 0.305 e. The van der Waals surface area contributed by atoms with Crippen LogP contribution < -0.4 is 0 Å². The number of hydrogen-bond donors (Lipinski definition) is 0. The van der Waals surface area contributed by atoms with Crippen LogP contribution in [-0.4, -0.2) is 25.2 Å². The molecule has 0 aromatic carbocycles. The summed E-state index contributed by atoms with van der Waals surface area (Å²) in [5.74, 6) is 1.00. The van der Waals surface area contributed by atoms with Gasteiger partial charge < -0.3 is 9.47 Å². The molecule has 0 spiro atoms. The second-order valence-corrected chi connectivity index (χ2v) is 12.7. The predicted molar refractivity (Wildman–Crippen MR) is 176 cm³/mol. The lowest BCUT2D eigenvalue weighted by atomic mass is 9.94. The van der Waals surface area contributed by atoms with Gasteiger partial charge in [0, 0.05) is 12.8 Å². The summed E-state index contributed by atoms with van der Waals surface area (Å²) in [6.07, 6.45) is 31.6. The van der Waals surface area contributed by atoms with E-state index in [1.807, 2.05) is 0 Å². The van der Waals surface area contributed by atoms with E-state index < -0.39 is 0 Å². The minimum Gasteiger partial charge on any atom is -0.465 e. The van der Waals surface area contributed by atoms with Gasteiger partial charge in [0.1, 0.15) is 0 Å². The topological polar surface area (TPSA) is 52.6 Å². The zero-order valence-electron chi connectivity index (χ0n) is 28.3. The van der Waals surface area contributed by atoms with Crippen LogP contribution in [0.2, 0.25) is 0 Å². The number of hydrogen-bond acceptors (Lipinski definition) is 4. The van der Waals surface area contributed by atoms with Crippen LogP contribution in [0, 0.1) is 11.8 Å².